The Labute approximate surface area is 68.2 Å². The van der Waals surface area contributed by atoms with Gasteiger partial charge in [-0.3, -0.25) is 5.32 Å². The molecule has 1 unspecified atom stereocenters. The van der Waals surface area contributed by atoms with Crippen LogP contribution in [0.3, 0.4) is 0 Å². The maximum Gasteiger partial charge on any atom is 0.225 e. The molecule has 0 aromatic carbocycles. The lowest BCUT2D eigenvalue weighted by Crippen LogP contribution is -2.43. The Kier molecular flexibility index (Phi) is 3.99. The van der Waals surface area contributed by atoms with Crippen LogP contribution in [-0.4, -0.2) is 19.8 Å². The molecular formula is C6H16N2O2S. The van der Waals surface area contributed by atoms with Gasteiger partial charge in [0.05, 0.1) is 0 Å². The van der Waals surface area contributed by atoms with Crippen LogP contribution in [0.25, 0.3) is 0 Å². The molecule has 0 aromatic heterocycles. The molecule has 0 aliphatic heterocycles. The standard InChI is InChI=1S/C6H16N2O2S/c1-4-6(8-5(2)3)11(7,9)10/h5-6,8H,4H2,1-3H3,(H2,7,9,10). The molecule has 0 aromatic rings. The molecule has 0 aliphatic rings. The van der Waals surface area contributed by atoms with E-state index in [1.165, 1.54) is 0 Å². The van der Waals surface area contributed by atoms with Crippen LogP contribution < -0.4 is 10.5 Å². The summed E-state index contributed by atoms with van der Waals surface area (Å²) < 4.78 is 21.6. The molecule has 1 atom stereocenters. The highest BCUT2D eigenvalue weighted by Crippen LogP contribution is 1.98. The number of hydrogen-bond donors (Lipinski definition) is 2. The van der Waals surface area contributed by atoms with Gasteiger partial charge >= 0.3 is 0 Å². The third-order valence-corrected chi connectivity index (χ3v) is 2.55. The van der Waals surface area contributed by atoms with E-state index < -0.39 is 15.4 Å². The first-order chi connectivity index (χ1) is 4.88. The minimum absolute atomic E-state index is 0.137. The highest BCUT2D eigenvalue weighted by Gasteiger charge is 2.18. The second kappa shape index (κ2) is 4.04. The number of rotatable bonds is 4. The fourth-order valence-corrected chi connectivity index (χ4v) is 1.74. The molecule has 0 saturated heterocycles. The van der Waals surface area contributed by atoms with Gasteiger partial charge in [-0.1, -0.05) is 6.92 Å². The van der Waals surface area contributed by atoms with E-state index in [9.17, 15) is 8.42 Å². The third kappa shape index (κ3) is 4.34. The summed E-state index contributed by atoms with van der Waals surface area (Å²) in [6.07, 6.45) is 0.497. The average molecular weight is 180 g/mol. The van der Waals surface area contributed by atoms with E-state index in [0.717, 1.165) is 0 Å². The van der Waals surface area contributed by atoms with Crippen LogP contribution in [0.2, 0.25) is 0 Å². The van der Waals surface area contributed by atoms with Crippen LogP contribution in [0.4, 0.5) is 0 Å². The minimum Gasteiger partial charge on any atom is -0.298 e. The van der Waals surface area contributed by atoms with Crippen molar-refractivity contribution in [3.8, 4) is 0 Å². The van der Waals surface area contributed by atoms with Crippen molar-refractivity contribution in [2.45, 2.75) is 38.6 Å². The van der Waals surface area contributed by atoms with Crippen molar-refractivity contribution in [1.82, 2.24) is 5.32 Å². The minimum atomic E-state index is -3.42. The van der Waals surface area contributed by atoms with E-state index in [4.69, 9.17) is 5.14 Å². The van der Waals surface area contributed by atoms with Crippen molar-refractivity contribution in [2.24, 2.45) is 5.14 Å². The molecule has 11 heavy (non-hydrogen) atoms. The molecule has 3 N–H and O–H groups in total. The highest BCUT2D eigenvalue weighted by atomic mass is 32.2. The van der Waals surface area contributed by atoms with Gasteiger partial charge in [-0.15, -0.1) is 0 Å². The first-order valence-corrected chi connectivity index (χ1v) is 5.26. The summed E-state index contributed by atoms with van der Waals surface area (Å²) in [7, 11) is -3.42. The molecule has 4 nitrogen and oxygen atoms in total. The van der Waals surface area contributed by atoms with Gasteiger partial charge in [0.15, 0.2) is 0 Å². The number of nitrogens with two attached hydrogens (primary N) is 1. The molecule has 0 bridgehead atoms. The van der Waals surface area contributed by atoms with Crippen molar-refractivity contribution in [3.05, 3.63) is 0 Å². The summed E-state index contributed by atoms with van der Waals surface area (Å²) in [5, 5.41) is 7.20. The van der Waals surface area contributed by atoms with E-state index in [-0.39, 0.29) is 6.04 Å². The highest BCUT2D eigenvalue weighted by molar-refractivity contribution is 7.89. The zero-order valence-corrected chi connectivity index (χ0v) is 7.98. The zero-order valence-electron chi connectivity index (χ0n) is 7.16. The Morgan fingerprint density at radius 3 is 2.00 bits per heavy atom. The van der Waals surface area contributed by atoms with Crippen LogP contribution in [0, 0.1) is 0 Å². The summed E-state index contributed by atoms with van der Waals surface area (Å²) >= 11 is 0. The van der Waals surface area contributed by atoms with Gasteiger partial charge in [0.2, 0.25) is 10.0 Å². The number of nitrogens with one attached hydrogen (secondary N) is 1. The Hall–Kier alpha value is -0.130. The number of sulfonamides is 1. The van der Waals surface area contributed by atoms with Gasteiger partial charge < -0.3 is 0 Å². The maximum atomic E-state index is 10.8. The van der Waals surface area contributed by atoms with Gasteiger partial charge in [-0.25, -0.2) is 13.6 Å². The molecule has 0 amide bonds. The van der Waals surface area contributed by atoms with Gasteiger partial charge in [-0.2, -0.15) is 0 Å². The monoisotopic (exact) mass is 180 g/mol. The lowest BCUT2D eigenvalue weighted by molar-refractivity contribution is 0.506. The lowest BCUT2D eigenvalue weighted by atomic mass is 10.3. The van der Waals surface area contributed by atoms with E-state index >= 15 is 0 Å². The molecule has 0 saturated carbocycles. The molecule has 0 fully saturated rings. The predicted octanol–water partition coefficient (Wildman–Crippen LogP) is 0.00900. The van der Waals surface area contributed by atoms with Crippen LogP contribution in [0.5, 0.6) is 0 Å². The summed E-state index contributed by atoms with van der Waals surface area (Å²) in [4.78, 5) is 0. The van der Waals surface area contributed by atoms with Gasteiger partial charge in [0, 0.05) is 6.04 Å². The van der Waals surface area contributed by atoms with Crippen molar-refractivity contribution in [1.29, 1.82) is 0 Å². The van der Waals surface area contributed by atoms with E-state index in [0.29, 0.717) is 6.42 Å². The van der Waals surface area contributed by atoms with Crippen LogP contribution in [0.1, 0.15) is 27.2 Å². The summed E-state index contributed by atoms with van der Waals surface area (Å²) in [5.41, 5.74) is 0. The molecule has 0 radical (unpaired) electrons. The molecular weight excluding hydrogens is 164 g/mol. The number of primary sulfonamides is 1. The van der Waals surface area contributed by atoms with Crippen molar-refractivity contribution in [2.75, 3.05) is 0 Å². The van der Waals surface area contributed by atoms with Crippen molar-refractivity contribution >= 4 is 10.0 Å². The molecule has 0 rings (SSSR count). The van der Waals surface area contributed by atoms with Gasteiger partial charge in [0.1, 0.15) is 5.37 Å². The smallest absolute Gasteiger partial charge is 0.225 e. The predicted molar refractivity (Wildman–Crippen MR) is 45.5 cm³/mol. The lowest BCUT2D eigenvalue weighted by Gasteiger charge is -2.16. The first-order valence-electron chi connectivity index (χ1n) is 3.65. The Bertz CT molecular complexity index is 199. The molecule has 0 heterocycles. The molecule has 0 spiro atoms. The van der Waals surface area contributed by atoms with Crippen molar-refractivity contribution < 1.29 is 8.42 Å². The molecule has 5 heteroatoms. The van der Waals surface area contributed by atoms with Crippen LogP contribution >= 0.6 is 0 Å². The van der Waals surface area contributed by atoms with E-state index in [1.54, 1.807) is 6.92 Å². The topological polar surface area (TPSA) is 72.2 Å². The Morgan fingerprint density at radius 2 is 1.91 bits per heavy atom. The average Bonchev–Trinajstić information content (AvgIpc) is 1.79. The van der Waals surface area contributed by atoms with Crippen LogP contribution in [0.15, 0.2) is 0 Å². The van der Waals surface area contributed by atoms with E-state index in [2.05, 4.69) is 5.32 Å². The second-order valence-corrected chi connectivity index (χ2v) is 4.55. The summed E-state index contributed by atoms with van der Waals surface area (Å²) in [6, 6.07) is 0.137. The fraction of sp³-hybridized carbons (Fsp3) is 1.00. The normalized spacial score (nSPS) is 15.4. The summed E-state index contributed by atoms with van der Waals surface area (Å²) in [6.45, 7) is 5.55. The molecule has 68 valence electrons. The Morgan fingerprint density at radius 1 is 1.45 bits per heavy atom. The second-order valence-electron chi connectivity index (χ2n) is 2.81. The molecule has 0 aliphatic carbocycles. The van der Waals surface area contributed by atoms with Crippen molar-refractivity contribution in [3.63, 3.8) is 0 Å². The maximum absolute atomic E-state index is 10.8. The fourth-order valence-electron chi connectivity index (χ4n) is 0.817. The zero-order chi connectivity index (χ0) is 9.07. The van der Waals surface area contributed by atoms with Gasteiger partial charge in [0.25, 0.3) is 0 Å². The quantitative estimate of drug-likeness (QED) is 0.640. The van der Waals surface area contributed by atoms with E-state index in [1.807, 2.05) is 13.8 Å². The largest absolute Gasteiger partial charge is 0.298 e. The number of hydrogen-bond acceptors (Lipinski definition) is 3. The SMILES string of the molecule is CCC(NC(C)C)S(N)(=O)=O. The third-order valence-electron chi connectivity index (χ3n) is 1.29. The first kappa shape index (κ1) is 10.9. The van der Waals surface area contributed by atoms with Crippen LogP contribution in [-0.2, 0) is 10.0 Å². The summed E-state index contributed by atoms with van der Waals surface area (Å²) in [5.74, 6) is 0. The van der Waals surface area contributed by atoms with Gasteiger partial charge in [-0.05, 0) is 20.3 Å². The Balaban J connectivity index is 4.20.